The third-order valence-corrected chi connectivity index (χ3v) is 9.31. The van der Waals surface area contributed by atoms with Crippen molar-refractivity contribution in [3.8, 4) is 0 Å². The predicted molar refractivity (Wildman–Crippen MR) is 166 cm³/mol. The van der Waals surface area contributed by atoms with Gasteiger partial charge in [-0.3, -0.25) is 28.8 Å². The third kappa shape index (κ3) is 7.53. The van der Waals surface area contributed by atoms with Crippen LogP contribution >= 0.6 is 0 Å². The standard InChI is InChI=1S/C32H32N4O8.C2HF3O2/c33-21(13-17-7-3-1-4-8-17)31(41)43-15-35-27(37)23-19-11-12-20(24(23)28(35)38)26-25(19)29(39)36(30(26)40)16-44-32(42)22(34)14-18-9-5-2-6-10-18;3-2(4,5)1(6)7/h1-12,19-26H,13-16,33-34H2;(H,6,7). The van der Waals surface area contributed by atoms with Gasteiger partial charge in [0, 0.05) is 11.8 Å². The van der Waals surface area contributed by atoms with Crippen LogP contribution in [0, 0.1) is 35.5 Å². The molecule has 0 aromatic heterocycles. The molecule has 5 aliphatic rings. The summed E-state index contributed by atoms with van der Waals surface area (Å²) in [5.74, 6) is -11.5. The van der Waals surface area contributed by atoms with Crippen LogP contribution in [0.3, 0.4) is 0 Å². The van der Waals surface area contributed by atoms with Gasteiger partial charge in [-0.2, -0.15) is 13.2 Å². The first-order chi connectivity index (χ1) is 24.1. The first-order valence-corrected chi connectivity index (χ1v) is 15.7. The average Bonchev–Trinajstić information content (AvgIpc) is 3.52. The molecule has 2 heterocycles. The number of nitrogens with zero attached hydrogens (tertiary/aromatic N) is 2. The fourth-order valence-corrected chi connectivity index (χ4v) is 6.98. The van der Waals surface area contributed by atoms with Gasteiger partial charge in [-0.1, -0.05) is 72.8 Å². The Bertz CT molecular complexity index is 1580. The Morgan fingerprint density at radius 1 is 0.647 bits per heavy atom. The summed E-state index contributed by atoms with van der Waals surface area (Å²) in [6.45, 7) is -1.21. The van der Waals surface area contributed by atoms with Crippen molar-refractivity contribution >= 4 is 41.5 Å². The molecule has 14 nitrogen and oxygen atoms in total. The van der Waals surface area contributed by atoms with Crippen LogP contribution in [0.4, 0.5) is 13.2 Å². The van der Waals surface area contributed by atoms with Gasteiger partial charge in [0.2, 0.25) is 23.6 Å². The first-order valence-electron chi connectivity index (χ1n) is 15.7. The van der Waals surface area contributed by atoms with Crippen LogP contribution in [0.25, 0.3) is 0 Å². The number of carboxylic acids is 1. The summed E-state index contributed by atoms with van der Waals surface area (Å²) < 4.78 is 42.3. The van der Waals surface area contributed by atoms with E-state index in [0.29, 0.717) is 0 Å². The second kappa shape index (κ2) is 14.8. The van der Waals surface area contributed by atoms with Gasteiger partial charge in [0.1, 0.15) is 12.1 Å². The minimum atomic E-state index is -5.08. The van der Waals surface area contributed by atoms with Crippen molar-refractivity contribution in [1.82, 2.24) is 9.80 Å². The lowest BCUT2D eigenvalue weighted by Crippen LogP contribution is -2.50. The summed E-state index contributed by atoms with van der Waals surface area (Å²) in [7, 11) is 0. The van der Waals surface area contributed by atoms with E-state index in [-0.39, 0.29) is 12.8 Å². The van der Waals surface area contributed by atoms with Crippen LogP contribution in [0.2, 0.25) is 0 Å². The smallest absolute Gasteiger partial charge is 0.475 e. The number of carbonyl (C=O) groups is 7. The summed E-state index contributed by atoms with van der Waals surface area (Å²) in [5, 5.41) is 7.12. The van der Waals surface area contributed by atoms with Crippen molar-refractivity contribution in [3.63, 3.8) is 0 Å². The molecule has 6 atom stereocenters. The summed E-state index contributed by atoms with van der Waals surface area (Å²) in [5.41, 5.74) is 13.6. The van der Waals surface area contributed by atoms with Gasteiger partial charge >= 0.3 is 24.1 Å². The maximum absolute atomic E-state index is 13.5. The molecule has 270 valence electrons. The van der Waals surface area contributed by atoms with E-state index >= 15 is 0 Å². The van der Waals surface area contributed by atoms with Gasteiger partial charge in [-0.05, 0) is 24.0 Å². The number of allylic oxidation sites excluding steroid dienone is 2. The molecule has 17 heteroatoms. The number of likely N-dealkylation sites (tertiary alicyclic amines) is 2. The number of hydrogen-bond donors (Lipinski definition) is 3. The number of rotatable bonds is 10. The maximum atomic E-state index is 13.5. The Balaban J connectivity index is 0.000000654. The largest absolute Gasteiger partial charge is 0.490 e. The number of carboxylic acid groups (broad SMARTS) is 1. The van der Waals surface area contributed by atoms with Crippen LogP contribution in [-0.4, -0.2) is 88.2 Å². The van der Waals surface area contributed by atoms with Crippen LogP contribution in [0.5, 0.6) is 0 Å². The molecule has 51 heavy (non-hydrogen) atoms. The molecule has 4 amide bonds. The van der Waals surface area contributed by atoms with Gasteiger partial charge in [-0.25, -0.2) is 14.6 Å². The molecule has 2 bridgehead atoms. The van der Waals surface area contributed by atoms with Crippen molar-refractivity contribution in [2.24, 2.45) is 47.0 Å². The zero-order valence-corrected chi connectivity index (χ0v) is 26.7. The monoisotopic (exact) mass is 714 g/mol. The molecule has 2 saturated heterocycles. The summed E-state index contributed by atoms with van der Waals surface area (Å²) in [4.78, 5) is 89.6. The Morgan fingerprint density at radius 3 is 1.22 bits per heavy atom. The lowest BCUT2D eigenvalue weighted by atomic mass is 9.54. The lowest BCUT2D eigenvalue weighted by molar-refractivity contribution is -0.192. The number of alkyl halides is 3. The molecule has 3 fully saturated rings. The van der Waals surface area contributed by atoms with E-state index in [1.165, 1.54) is 0 Å². The number of carbonyl (C=O) groups excluding carboxylic acids is 6. The van der Waals surface area contributed by atoms with Gasteiger partial charge in [0.15, 0.2) is 13.5 Å². The number of aliphatic carboxylic acids is 1. The highest BCUT2D eigenvalue weighted by molar-refractivity contribution is 6.11. The minimum absolute atomic E-state index is 0.221. The Labute approximate surface area is 288 Å². The predicted octanol–water partition coefficient (Wildman–Crippen LogP) is 0.779. The number of ether oxygens (including phenoxy) is 2. The molecular weight excluding hydrogens is 681 g/mol. The Morgan fingerprint density at radius 2 is 0.941 bits per heavy atom. The minimum Gasteiger partial charge on any atom is -0.475 e. The summed E-state index contributed by atoms with van der Waals surface area (Å²) >= 11 is 0. The summed E-state index contributed by atoms with van der Waals surface area (Å²) in [6.07, 6.45) is -1.22. The lowest BCUT2D eigenvalue weighted by Gasteiger charge is -2.44. The van der Waals surface area contributed by atoms with Crippen LogP contribution in [0.1, 0.15) is 11.1 Å². The fourth-order valence-electron chi connectivity index (χ4n) is 6.98. The molecule has 0 radical (unpaired) electrons. The van der Waals surface area contributed by atoms with Gasteiger partial charge in [0.25, 0.3) is 0 Å². The van der Waals surface area contributed by atoms with Crippen LogP contribution in [-0.2, 0) is 55.9 Å². The van der Waals surface area contributed by atoms with E-state index in [4.69, 9.17) is 30.8 Å². The summed E-state index contributed by atoms with van der Waals surface area (Å²) in [6, 6.07) is 16.2. The maximum Gasteiger partial charge on any atom is 0.490 e. The molecule has 5 N–H and O–H groups in total. The molecule has 3 aliphatic carbocycles. The molecule has 2 aliphatic heterocycles. The third-order valence-electron chi connectivity index (χ3n) is 9.31. The van der Waals surface area contributed by atoms with Crippen molar-refractivity contribution in [3.05, 3.63) is 83.9 Å². The number of halogens is 3. The van der Waals surface area contributed by atoms with Crippen molar-refractivity contribution in [2.75, 3.05) is 13.5 Å². The quantitative estimate of drug-likeness (QED) is 0.177. The molecule has 7 rings (SSSR count). The van der Waals surface area contributed by atoms with Crippen LogP contribution < -0.4 is 11.5 Å². The van der Waals surface area contributed by atoms with Gasteiger partial charge in [0.05, 0.1) is 23.7 Å². The van der Waals surface area contributed by atoms with E-state index < -0.39 is 109 Å². The number of esters is 2. The molecule has 6 unspecified atom stereocenters. The van der Waals surface area contributed by atoms with Crippen molar-refractivity contribution in [1.29, 1.82) is 0 Å². The normalized spacial score (nSPS) is 25.8. The van der Waals surface area contributed by atoms with Gasteiger partial charge in [-0.15, -0.1) is 0 Å². The zero-order valence-electron chi connectivity index (χ0n) is 26.7. The first kappa shape index (κ1) is 36.9. The van der Waals surface area contributed by atoms with E-state index in [2.05, 4.69) is 0 Å². The highest BCUT2D eigenvalue weighted by Crippen LogP contribution is 2.57. The van der Waals surface area contributed by atoms with Gasteiger partial charge < -0.3 is 26.0 Å². The number of amides is 4. The number of benzene rings is 2. The molecule has 2 aromatic carbocycles. The van der Waals surface area contributed by atoms with Crippen molar-refractivity contribution in [2.45, 2.75) is 31.1 Å². The van der Waals surface area contributed by atoms with E-state index in [9.17, 15) is 41.9 Å². The molecule has 2 aromatic rings. The number of imide groups is 2. The number of hydrogen-bond acceptors (Lipinski definition) is 11. The SMILES string of the molecule is NC(Cc1ccccc1)C(=O)OCN1C(=O)C2C3C=CC(C2C1=O)C1C(=O)N(COC(=O)C(N)Cc2ccccc2)C(=O)C31.O=C(O)C(F)(F)F. The fraction of sp³-hybridized carbons (Fsp3) is 0.382. The molecular formula is C34H33F3N4O10. The van der Waals surface area contributed by atoms with E-state index in [1.54, 1.807) is 12.2 Å². The number of nitrogens with two attached hydrogens (primary N) is 2. The topological polar surface area (TPSA) is 217 Å². The second-order valence-electron chi connectivity index (χ2n) is 12.4. The molecule has 1 saturated carbocycles. The Kier molecular flexibility index (Phi) is 10.7. The van der Waals surface area contributed by atoms with Crippen molar-refractivity contribution < 1.29 is 61.3 Å². The van der Waals surface area contributed by atoms with E-state index in [0.717, 1.165) is 20.9 Å². The Hall–Kier alpha value is -5.42. The average molecular weight is 715 g/mol. The highest BCUT2D eigenvalue weighted by atomic mass is 19.4. The van der Waals surface area contributed by atoms with Crippen LogP contribution in [0.15, 0.2) is 72.8 Å². The highest BCUT2D eigenvalue weighted by Gasteiger charge is 2.68. The molecule has 0 spiro atoms. The van der Waals surface area contributed by atoms with E-state index in [1.807, 2.05) is 60.7 Å². The zero-order chi connectivity index (χ0) is 37.2. The second-order valence-corrected chi connectivity index (χ2v) is 12.4.